The summed E-state index contributed by atoms with van der Waals surface area (Å²) in [5, 5.41) is 23.2. The molecule has 2 aromatic rings. The lowest BCUT2D eigenvalue weighted by atomic mass is 9.86. The average Bonchev–Trinajstić information content (AvgIpc) is 2.48. The predicted octanol–water partition coefficient (Wildman–Crippen LogP) is 3.09. The zero-order valence-electron chi connectivity index (χ0n) is 14.1. The Labute approximate surface area is 141 Å². The molecule has 0 saturated carbocycles. The highest BCUT2D eigenvalue weighted by Gasteiger charge is 2.14. The number of amides is 1. The minimum absolute atomic E-state index is 0.0468. The van der Waals surface area contributed by atoms with Gasteiger partial charge in [0, 0.05) is 5.56 Å². The van der Waals surface area contributed by atoms with Crippen LogP contribution in [0.1, 0.15) is 37.5 Å². The van der Waals surface area contributed by atoms with Crippen molar-refractivity contribution >= 4 is 12.1 Å². The molecule has 0 radical (unpaired) electrons. The van der Waals surface area contributed by atoms with Gasteiger partial charge in [0.25, 0.3) is 0 Å². The number of benzene rings is 2. The molecule has 0 saturated heterocycles. The van der Waals surface area contributed by atoms with Crippen LogP contribution in [0.4, 0.5) is 0 Å². The number of aromatic hydroxyl groups is 2. The molecule has 0 unspecified atom stereocenters. The van der Waals surface area contributed by atoms with Gasteiger partial charge in [-0.3, -0.25) is 4.79 Å². The van der Waals surface area contributed by atoms with Crippen molar-refractivity contribution in [3.05, 3.63) is 59.2 Å². The van der Waals surface area contributed by atoms with E-state index in [9.17, 15) is 15.0 Å². The van der Waals surface area contributed by atoms with E-state index in [1.54, 1.807) is 24.3 Å². The van der Waals surface area contributed by atoms with Gasteiger partial charge in [0.15, 0.2) is 0 Å². The van der Waals surface area contributed by atoms with E-state index in [1.807, 2.05) is 12.1 Å². The molecular weight excluding hydrogens is 304 g/mol. The highest BCUT2D eigenvalue weighted by atomic mass is 16.3. The van der Waals surface area contributed by atoms with Crippen LogP contribution in [-0.2, 0) is 16.6 Å². The average molecular weight is 326 g/mol. The Bertz CT molecular complexity index is 761. The number of nitrogens with one attached hydrogen (secondary N) is 1. The molecule has 0 bridgehead atoms. The van der Waals surface area contributed by atoms with Crippen LogP contribution in [0.2, 0.25) is 0 Å². The molecule has 24 heavy (non-hydrogen) atoms. The summed E-state index contributed by atoms with van der Waals surface area (Å²) < 4.78 is 0. The molecule has 0 heterocycles. The van der Waals surface area contributed by atoms with Crippen LogP contribution in [0, 0.1) is 0 Å². The summed E-state index contributed by atoms with van der Waals surface area (Å²) in [5.41, 5.74) is 4.67. The van der Waals surface area contributed by atoms with Gasteiger partial charge in [0.2, 0.25) is 5.91 Å². The van der Waals surface area contributed by atoms with E-state index >= 15 is 0 Å². The van der Waals surface area contributed by atoms with Crippen LogP contribution in [-0.4, -0.2) is 22.3 Å². The zero-order chi connectivity index (χ0) is 17.7. The van der Waals surface area contributed by atoms with Crippen molar-refractivity contribution in [2.24, 2.45) is 5.10 Å². The molecule has 126 valence electrons. The van der Waals surface area contributed by atoms with Crippen molar-refractivity contribution in [2.45, 2.75) is 32.6 Å². The van der Waals surface area contributed by atoms with Gasteiger partial charge >= 0.3 is 0 Å². The summed E-state index contributed by atoms with van der Waals surface area (Å²) in [6.45, 7) is 6.24. The molecule has 2 aromatic carbocycles. The van der Waals surface area contributed by atoms with Gasteiger partial charge in [-0.05, 0) is 40.8 Å². The fourth-order valence-electron chi connectivity index (χ4n) is 2.19. The highest BCUT2D eigenvalue weighted by molar-refractivity contribution is 5.86. The van der Waals surface area contributed by atoms with E-state index < -0.39 is 0 Å². The quantitative estimate of drug-likeness (QED) is 0.596. The van der Waals surface area contributed by atoms with Gasteiger partial charge in [-0.2, -0.15) is 5.10 Å². The number of hydrazone groups is 1. The lowest BCUT2D eigenvalue weighted by Gasteiger charge is -2.19. The molecule has 0 atom stereocenters. The molecule has 0 aliphatic carbocycles. The molecule has 0 aliphatic rings. The number of phenols is 2. The summed E-state index contributed by atoms with van der Waals surface area (Å²) >= 11 is 0. The third-order valence-corrected chi connectivity index (χ3v) is 3.56. The minimum atomic E-state index is -0.302. The number of rotatable bonds is 4. The second-order valence-corrected chi connectivity index (χ2v) is 6.66. The van der Waals surface area contributed by atoms with Gasteiger partial charge in [0.1, 0.15) is 11.5 Å². The SMILES string of the molecule is CC(C)(C)c1ccc(O)c(/C=N/NC(=O)Cc2cccc(O)c2)c1. The Kier molecular flexibility index (Phi) is 5.24. The van der Waals surface area contributed by atoms with Crippen LogP contribution < -0.4 is 5.43 Å². The molecule has 0 aromatic heterocycles. The largest absolute Gasteiger partial charge is 0.508 e. The summed E-state index contributed by atoms with van der Waals surface area (Å²) in [4.78, 5) is 11.9. The van der Waals surface area contributed by atoms with Gasteiger partial charge < -0.3 is 10.2 Å². The summed E-state index contributed by atoms with van der Waals surface area (Å²) in [6, 6.07) is 11.8. The molecule has 0 fully saturated rings. The van der Waals surface area contributed by atoms with Gasteiger partial charge in [-0.25, -0.2) is 5.43 Å². The number of phenolic OH excluding ortho intramolecular Hbond substituents is 2. The summed E-state index contributed by atoms with van der Waals surface area (Å²) in [6.07, 6.45) is 1.53. The Morgan fingerprint density at radius 2 is 1.92 bits per heavy atom. The predicted molar refractivity (Wildman–Crippen MR) is 94.4 cm³/mol. The van der Waals surface area contributed by atoms with Gasteiger partial charge in [-0.15, -0.1) is 0 Å². The maximum atomic E-state index is 11.9. The number of carbonyl (C=O) groups is 1. The van der Waals surface area contributed by atoms with Crippen molar-refractivity contribution in [1.82, 2.24) is 5.43 Å². The summed E-state index contributed by atoms with van der Waals surface area (Å²) in [5.74, 6) is -0.0787. The molecule has 1 amide bonds. The molecule has 5 nitrogen and oxygen atoms in total. The maximum Gasteiger partial charge on any atom is 0.244 e. The first-order chi connectivity index (χ1) is 11.3. The normalized spacial score (nSPS) is 11.6. The molecular formula is C19H22N2O3. The van der Waals surface area contributed by atoms with E-state index in [-0.39, 0.29) is 29.2 Å². The van der Waals surface area contributed by atoms with E-state index in [2.05, 4.69) is 31.3 Å². The number of hydrogen-bond donors (Lipinski definition) is 3. The van der Waals surface area contributed by atoms with Crippen molar-refractivity contribution < 1.29 is 15.0 Å². The summed E-state index contributed by atoms with van der Waals surface area (Å²) in [7, 11) is 0. The first-order valence-electron chi connectivity index (χ1n) is 7.69. The number of nitrogens with zero attached hydrogens (tertiary/aromatic N) is 1. The molecule has 2 rings (SSSR count). The second kappa shape index (κ2) is 7.17. The minimum Gasteiger partial charge on any atom is -0.508 e. The van der Waals surface area contributed by atoms with Crippen molar-refractivity contribution in [3.8, 4) is 11.5 Å². The fourth-order valence-corrected chi connectivity index (χ4v) is 2.19. The second-order valence-electron chi connectivity index (χ2n) is 6.66. The first kappa shape index (κ1) is 17.5. The van der Waals surface area contributed by atoms with E-state index in [0.717, 1.165) is 5.56 Å². The Hall–Kier alpha value is -2.82. The Morgan fingerprint density at radius 3 is 2.58 bits per heavy atom. The van der Waals surface area contributed by atoms with E-state index in [1.165, 1.54) is 12.3 Å². The van der Waals surface area contributed by atoms with E-state index in [4.69, 9.17) is 0 Å². The third-order valence-electron chi connectivity index (χ3n) is 3.56. The van der Waals surface area contributed by atoms with Crippen LogP contribution in [0.5, 0.6) is 11.5 Å². The molecule has 5 heteroatoms. The highest BCUT2D eigenvalue weighted by Crippen LogP contribution is 2.26. The van der Waals surface area contributed by atoms with Crippen molar-refractivity contribution in [3.63, 3.8) is 0 Å². The van der Waals surface area contributed by atoms with Crippen molar-refractivity contribution in [1.29, 1.82) is 0 Å². The van der Waals surface area contributed by atoms with Gasteiger partial charge in [-0.1, -0.05) is 39.0 Å². The lowest BCUT2D eigenvalue weighted by molar-refractivity contribution is -0.120. The molecule has 0 spiro atoms. The maximum absolute atomic E-state index is 11.9. The Morgan fingerprint density at radius 1 is 1.17 bits per heavy atom. The van der Waals surface area contributed by atoms with Crippen LogP contribution in [0.25, 0.3) is 0 Å². The smallest absolute Gasteiger partial charge is 0.244 e. The zero-order valence-corrected chi connectivity index (χ0v) is 14.1. The topological polar surface area (TPSA) is 81.9 Å². The molecule has 0 aliphatic heterocycles. The lowest BCUT2D eigenvalue weighted by Crippen LogP contribution is -2.19. The monoisotopic (exact) mass is 326 g/mol. The van der Waals surface area contributed by atoms with Crippen LogP contribution in [0.3, 0.4) is 0 Å². The Balaban J connectivity index is 2.02. The van der Waals surface area contributed by atoms with Crippen LogP contribution >= 0.6 is 0 Å². The van der Waals surface area contributed by atoms with Crippen molar-refractivity contribution in [2.75, 3.05) is 0 Å². The molecule has 3 N–H and O–H groups in total. The number of hydrogen-bond acceptors (Lipinski definition) is 4. The first-order valence-corrected chi connectivity index (χ1v) is 7.69. The fraction of sp³-hybridized carbons (Fsp3) is 0.263. The van der Waals surface area contributed by atoms with Gasteiger partial charge in [0.05, 0.1) is 12.6 Å². The van der Waals surface area contributed by atoms with E-state index in [0.29, 0.717) is 11.1 Å². The third kappa shape index (κ3) is 4.84. The van der Waals surface area contributed by atoms with Crippen LogP contribution in [0.15, 0.2) is 47.6 Å². The number of carbonyl (C=O) groups excluding carboxylic acids is 1. The standard InChI is InChI=1S/C19H22N2O3/c1-19(2,3)15-7-8-17(23)14(11-15)12-20-21-18(24)10-13-5-4-6-16(22)9-13/h4-9,11-12,22-23H,10H2,1-3H3,(H,21,24)/b20-12+.